The highest BCUT2D eigenvalue weighted by Gasteiger charge is 2.48. The van der Waals surface area contributed by atoms with E-state index in [0.717, 1.165) is 19.0 Å². The highest BCUT2D eigenvalue weighted by molar-refractivity contribution is 5.88. The molecule has 3 fully saturated rings. The molecule has 1 spiro atoms. The lowest BCUT2D eigenvalue weighted by Crippen LogP contribution is -2.56. The maximum atomic E-state index is 14.9. The van der Waals surface area contributed by atoms with Gasteiger partial charge in [0.05, 0.1) is 6.07 Å². The lowest BCUT2D eigenvalue weighted by Gasteiger charge is -2.34. The number of nitrogens with zero attached hydrogens (tertiary/aromatic N) is 2. The molecule has 7 nitrogen and oxygen atoms in total. The van der Waals surface area contributed by atoms with Crippen molar-refractivity contribution in [3.8, 4) is 6.07 Å². The number of hydrogen-bond donors (Lipinski definition) is 3. The number of alkyl halides is 2. The van der Waals surface area contributed by atoms with Crippen molar-refractivity contribution >= 4 is 11.9 Å². The molecule has 0 bridgehead atoms. The van der Waals surface area contributed by atoms with Gasteiger partial charge in [-0.1, -0.05) is 18.7 Å². The highest BCUT2D eigenvalue weighted by atomic mass is 19.3. The van der Waals surface area contributed by atoms with Gasteiger partial charge in [0, 0.05) is 25.9 Å². The first-order valence-corrected chi connectivity index (χ1v) is 11.0. The molecule has 174 valence electrons. The van der Waals surface area contributed by atoms with Crippen LogP contribution < -0.4 is 16.4 Å². The number of likely N-dealkylation sites (tertiary alicyclic amines) is 1. The van der Waals surface area contributed by atoms with Crippen molar-refractivity contribution < 1.29 is 18.4 Å². The molecule has 0 radical (unpaired) electrons. The van der Waals surface area contributed by atoms with Crippen LogP contribution in [0.1, 0.15) is 51.4 Å². The van der Waals surface area contributed by atoms with Gasteiger partial charge in [0.2, 0.25) is 5.91 Å². The molecule has 1 saturated heterocycles. The van der Waals surface area contributed by atoms with E-state index in [2.05, 4.69) is 17.2 Å². The molecule has 32 heavy (non-hydrogen) atoms. The van der Waals surface area contributed by atoms with Crippen LogP contribution >= 0.6 is 0 Å². The number of nitriles is 1. The zero-order valence-electron chi connectivity index (χ0n) is 18.2. The Morgan fingerprint density at radius 1 is 1.22 bits per heavy atom. The minimum atomic E-state index is -3.30. The average Bonchev–Trinajstić information content (AvgIpc) is 3.66. The van der Waals surface area contributed by atoms with Crippen molar-refractivity contribution in [1.82, 2.24) is 15.5 Å². The second-order valence-corrected chi connectivity index (χ2v) is 9.25. The monoisotopic (exact) mass is 447 g/mol. The molecule has 3 rings (SSSR count). The molecule has 2 aliphatic carbocycles. The topological polar surface area (TPSA) is 111 Å². The van der Waals surface area contributed by atoms with Gasteiger partial charge < -0.3 is 21.3 Å². The third-order valence-electron chi connectivity index (χ3n) is 6.62. The summed E-state index contributed by atoms with van der Waals surface area (Å²) in [6.07, 6.45) is 8.82. The summed E-state index contributed by atoms with van der Waals surface area (Å²) >= 11 is 0. The number of piperidine rings is 1. The van der Waals surface area contributed by atoms with Gasteiger partial charge in [-0.15, -0.1) is 0 Å². The van der Waals surface area contributed by atoms with Crippen molar-refractivity contribution in [2.24, 2.45) is 11.1 Å². The molecule has 2 saturated carbocycles. The van der Waals surface area contributed by atoms with Crippen LogP contribution in [-0.4, -0.2) is 47.4 Å². The summed E-state index contributed by atoms with van der Waals surface area (Å²) in [7, 11) is 0. The summed E-state index contributed by atoms with van der Waals surface area (Å²) in [5.74, 6) is -4.07. The van der Waals surface area contributed by atoms with Gasteiger partial charge in [0.15, 0.2) is 0 Å². The van der Waals surface area contributed by atoms with Gasteiger partial charge in [-0.3, -0.25) is 4.79 Å². The molecule has 1 aliphatic heterocycles. The number of nitrogens with two attached hydrogens (primary N) is 1. The summed E-state index contributed by atoms with van der Waals surface area (Å²) in [6, 6.07) is 0.0219. The zero-order chi connectivity index (χ0) is 23.4. The summed E-state index contributed by atoms with van der Waals surface area (Å²) < 4.78 is 29.8. The molecule has 4 N–H and O–H groups in total. The van der Waals surface area contributed by atoms with E-state index < -0.39 is 42.3 Å². The van der Waals surface area contributed by atoms with Gasteiger partial charge in [-0.2, -0.15) is 5.26 Å². The van der Waals surface area contributed by atoms with Crippen LogP contribution in [0.2, 0.25) is 0 Å². The van der Waals surface area contributed by atoms with Crippen molar-refractivity contribution in [2.45, 2.75) is 68.9 Å². The molecule has 9 heteroatoms. The third kappa shape index (κ3) is 6.09. The summed E-state index contributed by atoms with van der Waals surface area (Å²) in [4.78, 5) is 27.2. The van der Waals surface area contributed by atoms with Crippen molar-refractivity contribution in [3.63, 3.8) is 0 Å². The van der Waals surface area contributed by atoms with E-state index in [1.54, 1.807) is 4.90 Å². The van der Waals surface area contributed by atoms with E-state index in [-0.39, 0.29) is 5.57 Å². The predicted octanol–water partition coefficient (Wildman–Crippen LogP) is 3.11. The zero-order valence-corrected chi connectivity index (χ0v) is 18.2. The number of hydrogen-bond acceptors (Lipinski definition) is 4. The molecule has 0 aromatic rings. The molecule has 0 aromatic carbocycles. The maximum Gasteiger partial charge on any atom is 0.318 e. The molecular weight excluding hydrogens is 416 g/mol. The minimum Gasteiger partial charge on any atom is -0.405 e. The van der Waals surface area contributed by atoms with Crippen LogP contribution in [0.15, 0.2) is 36.6 Å². The Morgan fingerprint density at radius 3 is 2.38 bits per heavy atom. The Balaban J connectivity index is 1.68. The van der Waals surface area contributed by atoms with E-state index in [1.165, 1.54) is 31.1 Å². The normalized spacial score (nSPS) is 22.2. The van der Waals surface area contributed by atoms with E-state index >= 15 is 0 Å². The Morgan fingerprint density at radius 2 is 1.88 bits per heavy atom. The second-order valence-electron chi connectivity index (χ2n) is 9.25. The van der Waals surface area contributed by atoms with Crippen molar-refractivity contribution in [1.29, 1.82) is 5.26 Å². The first-order chi connectivity index (χ1) is 15.2. The summed E-state index contributed by atoms with van der Waals surface area (Å²) in [5, 5.41) is 14.3. The molecule has 1 atom stereocenters. The predicted molar refractivity (Wildman–Crippen MR) is 116 cm³/mol. The van der Waals surface area contributed by atoms with Crippen LogP contribution in [0, 0.1) is 16.7 Å². The van der Waals surface area contributed by atoms with E-state index in [4.69, 9.17) is 5.73 Å². The maximum absolute atomic E-state index is 14.9. The molecule has 0 aromatic heterocycles. The van der Waals surface area contributed by atoms with E-state index in [0.29, 0.717) is 31.3 Å². The van der Waals surface area contributed by atoms with Crippen LogP contribution in [0.3, 0.4) is 0 Å². The third-order valence-corrected chi connectivity index (χ3v) is 6.62. The number of urea groups is 1. The van der Waals surface area contributed by atoms with Gasteiger partial charge in [-0.05, 0) is 61.8 Å². The minimum absolute atomic E-state index is 0.249. The quantitative estimate of drug-likeness (QED) is 0.472. The SMILES string of the molecule is C=C/C=C(\C=C/N)CC(F)(F)C[C@H](NC(=O)N1CCC2(CC1)CC2)C(=O)NC1(C#N)CC1. The van der Waals surface area contributed by atoms with Gasteiger partial charge in [-0.25, -0.2) is 13.6 Å². The number of carbonyl (C=O) groups is 2. The molecule has 1 heterocycles. The standard InChI is InChI=1S/C23H31F2N5O2/c1-2-3-17(4-11-26)14-23(24,25)15-18(19(31)29-22(16-27)7-8-22)28-20(32)30-12-9-21(5-6-21)10-13-30/h2-4,11,18H,1,5-10,12-15,26H2,(H,28,32)(H,29,31)/b11-4-,17-3+/t18-/m0/s1. The summed E-state index contributed by atoms with van der Waals surface area (Å²) in [6.45, 7) is 4.61. The number of carbonyl (C=O) groups excluding carboxylic acids is 2. The fraction of sp³-hybridized carbons (Fsp3) is 0.609. The number of amides is 3. The van der Waals surface area contributed by atoms with Crippen molar-refractivity contribution in [2.75, 3.05) is 13.1 Å². The second kappa shape index (κ2) is 9.31. The van der Waals surface area contributed by atoms with Crippen LogP contribution in [0.25, 0.3) is 0 Å². The number of rotatable bonds is 9. The molecule has 3 amide bonds. The molecule has 0 unspecified atom stereocenters. The smallest absolute Gasteiger partial charge is 0.318 e. The lowest BCUT2D eigenvalue weighted by atomic mass is 9.94. The Kier molecular flexibility index (Phi) is 6.91. The van der Waals surface area contributed by atoms with Crippen LogP contribution in [-0.2, 0) is 4.79 Å². The largest absolute Gasteiger partial charge is 0.405 e. The van der Waals surface area contributed by atoms with E-state index in [9.17, 15) is 23.6 Å². The van der Waals surface area contributed by atoms with Crippen molar-refractivity contribution in [3.05, 3.63) is 36.6 Å². The highest BCUT2D eigenvalue weighted by Crippen LogP contribution is 2.53. The first kappa shape index (κ1) is 23.8. The van der Waals surface area contributed by atoms with Gasteiger partial charge in [0.1, 0.15) is 11.6 Å². The fourth-order valence-corrected chi connectivity index (χ4v) is 4.14. The number of allylic oxidation sites excluding steroid dienone is 4. The van der Waals surface area contributed by atoms with Crippen LogP contribution in [0.5, 0.6) is 0 Å². The first-order valence-electron chi connectivity index (χ1n) is 11.0. The number of nitrogens with one attached hydrogen (secondary N) is 2. The molecular formula is C23H31F2N5O2. The van der Waals surface area contributed by atoms with Gasteiger partial charge >= 0.3 is 6.03 Å². The van der Waals surface area contributed by atoms with Crippen LogP contribution in [0.4, 0.5) is 13.6 Å². The van der Waals surface area contributed by atoms with E-state index in [1.807, 2.05) is 6.07 Å². The van der Waals surface area contributed by atoms with Gasteiger partial charge in [0.25, 0.3) is 5.92 Å². The average molecular weight is 448 g/mol. The fourth-order valence-electron chi connectivity index (χ4n) is 4.14. The number of halogens is 2. The summed E-state index contributed by atoms with van der Waals surface area (Å²) in [5.41, 5.74) is 4.92. The Labute approximate surface area is 187 Å². The Hall–Kier alpha value is -2.89. The Bertz CT molecular complexity index is 843. The molecule has 3 aliphatic rings. The lowest BCUT2D eigenvalue weighted by molar-refractivity contribution is -0.126.